The first-order valence-corrected chi connectivity index (χ1v) is 8.27. The molecule has 0 aliphatic carbocycles. The van der Waals surface area contributed by atoms with Gasteiger partial charge in [0.05, 0.1) is 5.54 Å². The number of amides is 2. The fourth-order valence-corrected chi connectivity index (χ4v) is 3.20. The van der Waals surface area contributed by atoms with Crippen LogP contribution in [-0.2, 0) is 9.59 Å². The van der Waals surface area contributed by atoms with Crippen molar-refractivity contribution in [3.8, 4) is 0 Å². The minimum atomic E-state index is -0.414. The number of halogens is 1. The molecule has 2 fully saturated rings. The monoisotopic (exact) mass is 331 g/mol. The molecule has 1 unspecified atom stereocenters. The largest absolute Gasteiger partial charge is 0.352 e. The Morgan fingerprint density at radius 1 is 1.23 bits per heavy atom. The van der Waals surface area contributed by atoms with Crippen LogP contribution < -0.4 is 10.6 Å². The van der Waals surface area contributed by atoms with Crippen LogP contribution in [0.4, 0.5) is 0 Å². The van der Waals surface area contributed by atoms with Gasteiger partial charge in [-0.05, 0) is 45.6 Å². The highest BCUT2D eigenvalue weighted by molar-refractivity contribution is 5.86. The van der Waals surface area contributed by atoms with E-state index < -0.39 is 5.54 Å². The summed E-state index contributed by atoms with van der Waals surface area (Å²) in [6, 6.07) is 0.203. The standard InChI is InChI=1S/C16H29N3O2.ClH/c1-12(2)14(20)19-10-6-13(7-11-19)18-15(21)16(3)8-4-5-9-17-16;/h12-13,17H,4-11H2,1-3H3,(H,18,21);1H. The number of carbonyl (C=O) groups is 2. The van der Waals surface area contributed by atoms with E-state index in [9.17, 15) is 9.59 Å². The molecular formula is C16H30ClN3O2. The van der Waals surface area contributed by atoms with Crippen molar-refractivity contribution in [2.45, 2.75) is 64.5 Å². The molecule has 2 amide bonds. The number of rotatable bonds is 3. The molecule has 2 aliphatic heterocycles. The lowest BCUT2D eigenvalue weighted by Gasteiger charge is -2.37. The van der Waals surface area contributed by atoms with Crippen molar-refractivity contribution >= 4 is 24.2 Å². The van der Waals surface area contributed by atoms with Crippen molar-refractivity contribution in [3.63, 3.8) is 0 Å². The lowest BCUT2D eigenvalue weighted by molar-refractivity contribution is -0.135. The number of carbonyl (C=O) groups excluding carboxylic acids is 2. The van der Waals surface area contributed by atoms with E-state index in [1.54, 1.807) is 0 Å². The zero-order chi connectivity index (χ0) is 15.5. The maximum Gasteiger partial charge on any atom is 0.240 e. The first kappa shape index (κ1) is 19.2. The topological polar surface area (TPSA) is 61.4 Å². The molecule has 0 aromatic heterocycles. The molecular weight excluding hydrogens is 302 g/mol. The minimum Gasteiger partial charge on any atom is -0.352 e. The van der Waals surface area contributed by atoms with Crippen LogP contribution in [0, 0.1) is 5.92 Å². The normalized spacial score (nSPS) is 26.5. The summed E-state index contributed by atoms with van der Waals surface area (Å²) in [7, 11) is 0. The van der Waals surface area contributed by atoms with Gasteiger partial charge in [0, 0.05) is 25.0 Å². The Balaban J connectivity index is 0.00000242. The second kappa shape index (κ2) is 8.16. The van der Waals surface area contributed by atoms with Gasteiger partial charge in [0.25, 0.3) is 0 Å². The predicted octanol–water partition coefficient (Wildman–Crippen LogP) is 1.70. The summed E-state index contributed by atoms with van der Waals surface area (Å²) >= 11 is 0. The van der Waals surface area contributed by atoms with Crippen molar-refractivity contribution in [1.29, 1.82) is 0 Å². The molecule has 5 nitrogen and oxygen atoms in total. The Kier molecular flexibility index (Phi) is 7.13. The molecule has 0 spiro atoms. The lowest BCUT2D eigenvalue weighted by Crippen LogP contribution is -2.59. The van der Waals surface area contributed by atoms with Gasteiger partial charge in [0.2, 0.25) is 11.8 Å². The molecule has 0 bridgehead atoms. The molecule has 0 aromatic carbocycles. The lowest BCUT2D eigenvalue weighted by atomic mass is 9.89. The molecule has 22 heavy (non-hydrogen) atoms. The van der Waals surface area contributed by atoms with Gasteiger partial charge in [-0.15, -0.1) is 12.4 Å². The van der Waals surface area contributed by atoms with E-state index in [0.29, 0.717) is 0 Å². The van der Waals surface area contributed by atoms with E-state index in [1.807, 2.05) is 25.7 Å². The SMILES string of the molecule is CC(C)C(=O)N1CCC(NC(=O)C2(C)CCCCN2)CC1.Cl. The fraction of sp³-hybridized carbons (Fsp3) is 0.875. The number of likely N-dealkylation sites (tertiary alicyclic amines) is 1. The molecule has 0 aromatic rings. The molecule has 2 aliphatic rings. The van der Waals surface area contributed by atoms with E-state index in [1.165, 1.54) is 0 Å². The zero-order valence-electron chi connectivity index (χ0n) is 14.0. The fourth-order valence-electron chi connectivity index (χ4n) is 3.20. The number of piperidine rings is 2. The summed E-state index contributed by atoms with van der Waals surface area (Å²) < 4.78 is 0. The van der Waals surface area contributed by atoms with E-state index in [4.69, 9.17) is 0 Å². The zero-order valence-corrected chi connectivity index (χ0v) is 14.8. The third kappa shape index (κ3) is 4.59. The van der Waals surface area contributed by atoms with Gasteiger partial charge >= 0.3 is 0 Å². The van der Waals surface area contributed by atoms with Gasteiger partial charge in [0.1, 0.15) is 0 Å². The van der Waals surface area contributed by atoms with Gasteiger partial charge in [-0.3, -0.25) is 9.59 Å². The van der Waals surface area contributed by atoms with Gasteiger partial charge in [-0.1, -0.05) is 13.8 Å². The van der Waals surface area contributed by atoms with Crippen molar-refractivity contribution in [3.05, 3.63) is 0 Å². The molecule has 128 valence electrons. The number of nitrogens with one attached hydrogen (secondary N) is 2. The summed E-state index contributed by atoms with van der Waals surface area (Å²) in [6.45, 7) is 8.31. The molecule has 0 radical (unpaired) electrons. The molecule has 2 N–H and O–H groups in total. The van der Waals surface area contributed by atoms with Crippen molar-refractivity contribution in [2.75, 3.05) is 19.6 Å². The van der Waals surface area contributed by atoms with Crippen LogP contribution in [0.1, 0.15) is 52.9 Å². The van der Waals surface area contributed by atoms with Crippen LogP contribution >= 0.6 is 12.4 Å². The maximum absolute atomic E-state index is 12.5. The highest BCUT2D eigenvalue weighted by atomic mass is 35.5. The summed E-state index contributed by atoms with van der Waals surface area (Å²) in [4.78, 5) is 26.3. The van der Waals surface area contributed by atoms with Crippen LogP contribution in [0.5, 0.6) is 0 Å². The van der Waals surface area contributed by atoms with E-state index >= 15 is 0 Å². The first-order valence-electron chi connectivity index (χ1n) is 8.27. The van der Waals surface area contributed by atoms with Crippen molar-refractivity contribution in [1.82, 2.24) is 15.5 Å². The number of hydrogen-bond acceptors (Lipinski definition) is 3. The predicted molar refractivity (Wildman–Crippen MR) is 90.1 cm³/mol. The molecule has 0 saturated carbocycles. The first-order chi connectivity index (χ1) is 9.92. The van der Waals surface area contributed by atoms with Crippen molar-refractivity contribution in [2.24, 2.45) is 5.92 Å². The average molecular weight is 332 g/mol. The summed E-state index contributed by atoms with van der Waals surface area (Å²) in [5, 5.41) is 6.53. The Hall–Kier alpha value is -0.810. The van der Waals surface area contributed by atoms with E-state index in [2.05, 4.69) is 10.6 Å². The number of hydrogen-bond donors (Lipinski definition) is 2. The van der Waals surface area contributed by atoms with E-state index in [0.717, 1.165) is 51.7 Å². The third-order valence-corrected chi connectivity index (χ3v) is 4.76. The second-order valence-corrected chi connectivity index (χ2v) is 6.94. The molecule has 1 atom stereocenters. The van der Waals surface area contributed by atoms with Gasteiger partial charge < -0.3 is 15.5 Å². The highest BCUT2D eigenvalue weighted by Gasteiger charge is 2.36. The minimum absolute atomic E-state index is 0. The highest BCUT2D eigenvalue weighted by Crippen LogP contribution is 2.20. The van der Waals surface area contributed by atoms with Gasteiger partial charge in [-0.2, -0.15) is 0 Å². The Morgan fingerprint density at radius 3 is 2.36 bits per heavy atom. The Labute approximate surface area is 140 Å². The third-order valence-electron chi connectivity index (χ3n) is 4.76. The maximum atomic E-state index is 12.5. The van der Waals surface area contributed by atoms with Gasteiger partial charge in [-0.25, -0.2) is 0 Å². The van der Waals surface area contributed by atoms with Crippen LogP contribution in [0.3, 0.4) is 0 Å². The second-order valence-electron chi connectivity index (χ2n) is 6.94. The molecule has 2 saturated heterocycles. The van der Waals surface area contributed by atoms with Crippen molar-refractivity contribution < 1.29 is 9.59 Å². The summed E-state index contributed by atoms with van der Waals surface area (Å²) in [5.41, 5.74) is -0.414. The van der Waals surface area contributed by atoms with Crippen LogP contribution in [0.2, 0.25) is 0 Å². The van der Waals surface area contributed by atoms with Crippen LogP contribution in [0.25, 0.3) is 0 Å². The van der Waals surface area contributed by atoms with Gasteiger partial charge in [0.15, 0.2) is 0 Å². The Morgan fingerprint density at radius 2 is 1.86 bits per heavy atom. The summed E-state index contributed by atoms with van der Waals surface area (Å²) in [5.74, 6) is 0.401. The number of nitrogens with zero attached hydrogens (tertiary/aromatic N) is 1. The smallest absolute Gasteiger partial charge is 0.240 e. The summed E-state index contributed by atoms with van der Waals surface area (Å²) in [6.07, 6.45) is 4.89. The van der Waals surface area contributed by atoms with Crippen LogP contribution in [-0.4, -0.2) is 47.9 Å². The average Bonchev–Trinajstić information content (AvgIpc) is 2.48. The van der Waals surface area contributed by atoms with E-state index in [-0.39, 0.29) is 36.2 Å². The van der Waals surface area contributed by atoms with Crippen LogP contribution in [0.15, 0.2) is 0 Å². The molecule has 2 rings (SSSR count). The molecule has 6 heteroatoms. The quantitative estimate of drug-likeness (QED) is 0.827. The molecule has 2 heterocycles. The Bertz CT molecular complexity index is 387.